The molecule has 0 aliphatic carbocycles. The summed E-state index contributed by atoms with van der Waals surface area (Å²) in [5.74, 6) is 0.142. The summed E-state index contributed by atoms with van der Waals surface area (Å²) in [7, 11) is 0. The number of likely N-dealkylation sites (tertiary alicyclic amines) is 2. The van der Waals surface area contributed by atoms with Crippen LogP contribution in [0.1, 0.15) is 30.0 Å². The molecule has 2 aromatic heterocycles. The fourth-order valence-electron chi connectivity index (χ4n) is 4.20. The normalized spacial score (nSPS) is 18.8. The van der Waals surface area contributed by atoms with Crippen LogP contribution in [0.2, 0.25) is 0 Å². The van der Waals surface area contributed by atoms with Crippen LogP contribution in [0.3, 0.4) is 0 Å². The lowest BCUT2D eigenvalue weighted by Gasteiger charge is -2.38. The van der Waals surface area contributed by atoms with E-state index in [4.69, 9.17) is 0 Å². The van der Waals surface area contributed by atoms with Gasteiger partial charge in [0.1, 0.15) is 6.54 Å². The van der Waals surface area contributed by atoms with Crippen molar-refractivity contribution in [3.63, 3.8) is 0 Å². The number of nitrogens with zero attached hydrogens (tertiary/aromatic N) is 4. The molecule has 2 aliphatic rings. The van der Waals surface area contributed by atoms with Crippen molar-refractivity contribution in [3.8, 4) is 0 Å². The summed E-state index contributed by atoms with van der Waals surface area (Å²) >= 11 is 1.60. The maximum absolute atomic E-state index is 12.6. The molecule has 0 aromatic carbocycles. The highest BCUT2D eigenvalue weighted by molar-refractivity contribution is 7.09. The third-order valence-electron chi connectivity index (χ3n) is 5.81. The maximum atomic E-state index is 12.6. The van der Waals surface area contributed by atoms with Gasteiger partial charge in [-0.2, -0.15) is 0 Å². The molecule has 0 atom stereocenters. The zero-order valence-corrected chi connectivity index (χ0v) is 16.8. The largest absolute Gasteiger partial charge is 0.341 e. The Morgan fingerprint density at radius 1 is 1.25 bits per heavy atom. The second kappa shape index (κ2) is 7.50. The average molecular weight is 401 g/mol. The SMILES string of the molecule is Cc1nc(CN2CC3(CCN(C(=O)Cn4ccccc4=O)CC3)CC2=O)cs1. The molecule has 2 saturated heterocycles. The van der Waals surface area contributed by atoms with Gasteiger partial charge in [-0.15, -0.1) is 11.3 Å². The predicted octanol–water partition coefficient (Wildman–Crippen LogP) is 1.65. The highest BCUT2D eigenvalue weighted by atomic mass is 32.1. The molecule has 148 valence electrons. The molecule has 7 nitrogen and oxygen atoms in total. The van der Waals surface area contributed by atoms with Gasteiger partial charge in [0.25, 0.3) is 5.56 Å². The number of aromatic nitrogens is 2. The summed E-state index contributed by atoms with van der Waals surface area (Å²) in [6.07, 6.45) is 3.83. The molecule has 2 aliphatic heterocycles. The average Bonchev–Trinajstić information content (AvgIpc) is 3.21. The van der Waals surface area contributed by atoms with E-state index in [0.29, 0.717) is 26.1 Å². The number of aryl methyl sites for hydroxylation is 1. The van der Waals surface area contributed by atoms with E-state index in [1.807, 2.05) is 22.1 Å². The fourth-order valence-corrected chi connectivity index (χ4v) is 4.81. The lowest BCUT2D eigenvalue weighted by atomic mass is 9.77. The third-order valence-corrected chi connectivity index (χ3v) is 6.63. The number of piperidine rings is 1. The molecule has 8 heteroatoms. The van der Waals surface area contributed by atoms with Crippen LogP contribution in [0, 0.1) is 12.3 Å². The molecule has 0 N–H and O–H groups in total. The second-order valence-electron chi connectivity index (χ2n) is 7.83. The van der Waals surface area contributed by atoms with Crippen molar-refractivity contribution in [1.82, 2.24) is 19.4 Å². The molecule has 2 aromatic rings. The fraction of sp³-hybridized carbons (Fsp3) is 0.500. The van der Waals surface area contributed by atoms with Gasteiger partial charge in [0, 0.05) is 49.1 Å². The van der Waals surface area contributed by atoms with E-state index in [9.17, 15) is 14.4 Å². The standard InChI is InChI=1S/C20H24N4O3S/c1-15-21-16(13-28-15)11-24-14-20(10-18(24)26)5-8-22(9-6-20)19(27)12-23-7-3-2-4-17(23)25/h2-4,7,13H,5-6,8-12,14H2,1H3. The van der Waals surface area contributed by atoms with Crippen molar-refractivity contribution in [2.45, 2.75) is 39.3 Å². The van der Waals surface area contributed by atoms with Gasteiger partial charge >= 0.3 is 0 Å². The number of amides is 2. The first-order chi connectivity index (χ1) is 13.4. The van der Waals surface area contributed by atoms with Crippen molar-refractivity contribution < 1.29 is 9.59 Å². The van der Waals surface area contributed by atoms with Crippen molar-refractivity contribution in [1.29, 1.82) is 0 Å². The molecular weight excluding hydrogens is 376 g/mol. The number of hydrogen-bond donors (Lipinski definition) is 0. The Labute approximate surface area is 167 Å². The van der Waals surface area contributed by atoms with Gasteiger partial charge in [-0.25, -0.2) is 4.98 Å². The molecular formula is C20H24N4O3S. The first-order valence-electron chi connectivity index (χ1n) is 9.56. The van der Waals surface area contributed by atoms with Crippen LogP contribution in [-0.4, -0.2) is 50.8 Å². The Bertz CT molecular complexity index is 943. The Kier molecular flexibility index (Phi) is 5.05. The Balaban J connectivity index is 1.34. The van der Waals surface area contributed by atoms with E-state index < -0.39 is 0 Å². The van der Waals surface area contributed by atoms with Crippen molar-refractivity contribution in [3.05, 3.63) is 50.8 Å². The summed E-state index contributed by atoms with van der Waals surface area (Å²) in [5.41, 5.74) is 0.746. The lowest BCUT2D eigenvalue weighted by molar-refractivity contribution is -0.134. The summed E-state index contributed by atoms with van der Waals surface area (Å²) in [4.78, 5) is 45.1. The van der Waals surface area contributed by atoms with E-state index >= 15 is 0 Å². The van der Waals surface area contributed by atoms with Crippen LogP contribution >= 0.6 is 11.3 Å². The number of rotatable bonds is 4. The third kappa shape index (κ3) is 3.87. The number of hydrogen-bond acceptors (Lipinski definition) is 5. The molecule has 2 fully saturated rings. The van der Waals surface area contributed by atoms with Gasteiger partial charge in [-0.3, -0.25) is 14.4 Å². The first-order valence-corrected chi connectivity index (χ1v) is 10.4. The second-order valence-corrected chi connectivity index (χ2v) is 8.89. The zero-order valence-electron chi connectivity index (χ0n) is 16.0. The highest BCUT2D eigenvalue weighted by Crippen LogP contribution is 2.41. The summed E-state index contributed by atoms with van der Waals surface area (Å²) in [5, 5.41) is 3.03. The quantitative estimate of drug-likeness (QED) is 0.782. The minimum atomic E-state index is -0.168. The van der Waals surface area contributed by atoms with E-state index in [0.717, 1.165) is 30.1 Å². The summed E-state index contributed by atoms with van der Waals surface area (Å²) in [6, 6.07) is 4.88. The van der Waals surface area contributed by atoms with Crippen LogP contribution in [0.4, 0.5) is 0 Å². The molecule has 0 radical (unpaired) electrons. The molecule has 0 unspecified atom stereocenters. The minimum absolute atomic E-state index is 0.0392. The molecule has 28 heavy (non-hydrogen) atoms. The van der Waals surface area contributed by atoms with Crippen LogP contribution < -0.4 is 5.56 Å². The minimum Gasteiger partial charge on any atom is -0.341 e. The van der Waals surface area contributed by atoms with Gasteiger partial charge in [0.15, 0.2) is 0 Å². The van der Waals surface area contributed by atoms with Gasteiger partial charge < -0.3 is 14.4 Å². The van der Waals surface area contributed by atoms with Crippen molar-refractivity contribution in [2.75, 3.05) is 19.6 Å². The molecule has 1 spiro atoms. The monoisotopic (exact) mass is 400 g/mol. The lowest BCUT2D eigenvalue weighted by Crippen LogP contribution is -2.45. The van der Waals surface area contributed by atoms with Gasteiger partial charge in [0.2, 0.25) is 11.8 Å². The molecule has 0 saturated carbocycles. The van der Waals surface area contributed by atoms with Crippen LogP contribution in [0.25, 0.3) is 0 Å². The number of pyridine rings is 1. The summed E-state index contributed by atoms with van der Waals surface area (Å²) in [6.45, 7) is 4.63. The smallest absolute Gasteiger partial charge is 0.250 e. The van der Waals surface area contributed by atoms with Gasteiger partial charge in [0.05, 0.1) is 17.2 Å². The Morgan fingerprint density at radius 3 is 2.71 bits per heavy atom. The number of carbonyl (C=O) groups excluding carboxylic acids is 2. The van der Waals surface area contributed by atoms with Gasteiger partial charge in [-0.05, 0) is 25.8 Å². The van der Waals surface area contributed by atoms with Crippen molar-refractivity contribution in [2.24, 2.45) is 5.41 Å². The van der Waals surface area contributed by atoms with Gasteiger partial charge in [-0.1, -0.05) is 6.07 Å². The molecule has 0 bridgehead atoms. The predicted molar refractivity (Wildman–Crippen MR) is 106 cm³/mol. The maximum Gasteiger partial charge on any atom is 0.250 e. The Hall–Kier alpha value is -2.48. The van der Waals surface area contributed by atoms with E-state index in [1.165, 1.54) is 10.6 Å². The van der Waals surface area contributed by atoms with Crippen LogP contribution in [0.15, 0.2) is 34.6 Å². The van der Waals surface area contributed by atoms with Crippen LogP contribution in [-0.2, 0) is 22.7 Å². The van der Waals surface area contributed by atoms with E-state index in [1.54, 1.807) is 29.7 Å². The Morgan fingerprint density at radius 2 is 2.04 bits per heavy atom. The summed E-state index contributed by atoms with van der Waals surface area (Å²) < 4.78 is 1.43. The number of thiazole rings is 1. The molecule has 2 amide bonds. The van der Waals surface area contributed by atoms with Crippen LogP contribution in [0.5, 0.6) is 0 Å². The number of carbonyl (C=O) groups is 2. The highest BCUT2D eigenvalue weighted by Gasteiger charge is 2.45. The van der Waals surface area contributed by atoms with Crippen molar-refractivity contribution >= 4 is 23.2 Å². The molecule has 4 heterocycles. The van der Waals surface area contributed by atoms with E-state index in [2.05, 4.69) is 4.98 Å². The zero-order chi connectivity index (χ0) is 19.7. The first kappa shape index (κ1) is 18.9. The van der Waals surface area contributed by atoms with E-state index in [-0.39, 0.29) is 29.3 Å². The molecule has 4 rings (SSSR count). The topological polar surface area (TPSA) is 75.5 Å².